The van der Waals surface area contributed by atoms with Crippen molar-refractivity contribution in [2.45, 2.75) is 406 Å². The highest BCUT2D eigenvalue weighted by Gasteiger charge is 2.19. The van der Waals surface area contributed by atoms with Gasteiger partial charge in [-0.3, -0.25) is 14.4 Å². The third-order valence-corrected chi connectivity index (χ3v) is 15.9. The molecule has 6 heteroatoms. The summed E-state index contributed by atoms with van der Waals surface area (Å²) >= 11 is 0. The minimum atomic E-state index is -0.762. The van der Waals surface area contributed by atoms with Crippen LogP contribution in [0.1, 0.15) is 400 Å². The van der Waals surface area contributed by atoms with Crippen LogP contribution in [0.15, 0.2) is 0 Å². The lowest BCUT2D eigenvalue weighted by Gasteiger charge is -2.18. The third kappa shape index (κ3) is 61.3. The van der Waals surface area contributed by atoms with E-state index in [9.17, 15) is 14.4 Å². The average molecular weight is 1050 g/mol. The molecule has 0 aromatic heterocycles. The van der Waals surface area contributed by atoms with Crippen LogP contribution in [0.4, 0.5) is 0 Å². The van der Waals surface area contributed by atoms with Crippen molar-refractivity contribution in [2.75, 3.05) is 13.2 Å². The largest absolute Gasteiger partial charge is 0.462 e. The summed E-state index contributed by atoms with van der Waals surface area (Å²) in [5.41, 5.74) is 0. The van der Waals surface area contributed by atoms with Crippen LogP contribution in [0.2, 0.25) is 0 Å². The first-order valence-electron chi connectivity index (χ1n) is 34.0. The molecule has 0 saturated heterocycles. The van der Waals surface area contributed by atoms with Crippen molar-refractivity contribution >= 4 is 17.9 Å². The fourth-order valence-electron chi connectivity index (χ4n) is 10.7. The maximum Gasteiger partial charge on any atom is 0.306 e. The van der Waals surface area contributed by atoms with Gasteiger partial charge in [0.25, 0.3) is 0 Å². The second kappa shape index (κ2) is 63.9. The highest BCUT2D eigenvalue weighted by atomic mass is 16.6. The molecule has 0 radical (unpaired) electrons. The molecule has 1 atom stereocenters. The Kier molecular flexibility index (Phi) is 62.6. The Morgan fingerprint density at radius 2 is 0.365 bits per heavy atom. The molecule has 6 nitrogen and oxygen atoms in total. The first kappa shape index (κ1) is 72.4. The van der Waals surface area contributed by atoms with Crippen molar-refractivity contribution in [3.05, 3.63) is 0 Å². The molecule has 74 heavy (non-hydrogen) atoms. The van der Waals surface area contributed by atoms with E-state index in [1.807, 2.05) is 0 Å². The molecule has 0 spiro atoms. The smallest absolute Gasteiger partial charge is 0.306 e. The topological polar surface area (TPSA) is 78.9 Å². The molecule has 0 amide bonds. The van der Waals surface area contributed by atoms with Gasteiger partial charge in [0.05, 0.1) is 0 Å². The number of carbonyl (C=O) groups is 3. The zero-order chi connectivity index (χ0) is 53.6. The van der Waals surface area contributed by atoms with Gasteiger partial charge in [-0.2, -0.15) is 0 Å². The molecule has 0 aromatic rings. The molecule has 0 rings (SSSR count). The number of hydrogen-bond donors (Lipinski definition) is 0. The molecule has 0 aliphatic carbocycles. The fraction of sp³-hybridized carbons (Fsp3) is 0.956. The monoisotopic (exact) mass is 1050 g/mol. The van der Waals surface area contributed by atoms with Crippen molar-refractivity contribution in [2.24, 2.45) is 0 Å². The summed E-state index contributed by atoms with van der Waals surface area (Å²) in [7, 11) is 0. The van der Waals surface area contributed by atoms with Gasteiger partial charge in [-0.1, -0.05) is 361 Å². The number of ether oxygens (including phenoxy) is 3. The van der Waals surface area contributed by atoms with Crippen LogP contribution in [0.5, 0.6) is 0 Å². The predicted molar refractivity (Wildman–Crippen MR) is 321 cm³/mol. The minimum Gasteiger partial charge on any atom is -0.462 e. The summed E-state index contributed by atoms with van der Waals surface area (Å²) in [6, 6.07) is 0. The van der Waals surface area contributed by atoms with Gasteiger partial charge in [0.1, 0.15) is 13.2 Å². The Morgan fingerprint density at radius 1 is 0.216 bits per heavy atom. The van der Waals surface area contributed by atoms with Gasteiger partial charge in [-0.25, -0.2) is 0 Å². The number of carbonyl (C=O) groups excluding carboxylic acids is 3. The van der Waals surface area contributed by atoms with E-state index in [0.29, 0.717) is 19.3 Å². The van der Waals surface area contributed by atoms with E-state index in [1.54, 1.807) is 0 Å². The van der Waals surface area contributed by atoms with Gasteiger partial charge in [0.2, 0.25) is 0 Å². The van der Waals surface area contributed by atoms with Gasteiger partial charge in [-0.05, 0) is 19.3 Å². The number of rotatable bonds is 64. The van der Waals surface area contributed by atoms with Crippen LogP contribution in [0, 0.1) is 0 Å². The lowest BCUT2D eigenvalue weighted by atomic mass is 10.0. The number of hydrogen-bond acceptors (Lipinski definition) is 6. The Morgan fingerprint density at radius 3 is 0.541 bits per heavy atom. The Bertz CT molecular complexity index is 1110. The average Bonchev–Trinajstić information content (AvgIpc) is 3.40. The van der Waals surface area contributed by atoms with Crippen molar-refractivity contribution in [3.63, 3.8) is 0 Å². The molecule has 0 aliphatic heterocycles. The molecule has 0 saturated carbocycles. The Balaban J connectivity index is 4.18. The Labute approximate surface area is 463 Å². The van der Waals surface area contributed by atoms with E-state index >= 15 is 0 Å². The van der Waals surface area contributed by atoms with E-state index in [0.717, 1.165) is 57.8 Å². The predicted octanol–water partition coefficient (Wildman–Crippen LogP) is 23.1. The van der Waals surface area contributed by atoms with E-state index in [4.69, 9.17) is 14.2 Å². The second-order valence-corrected chi connectivity index (χ2v) is 23.5. The van der Waals surface area contributed by atoms with E-state index in [-0.39, 0.29) is 31.1 Å². The number of unbranched alkanes of at least 4 members (excludes halogenated alkanes) is 53. The van der Waals surface area contributed by atoms with Crippen LogP contribution < -0.4 is 0 Å². The van der Waals surface area contributed by atoms with Gasteiger partial charge in [-0.15, -0.1) is 0 Å². The van der Waals surface area contributed by atoms with Crippen molar-refractivity contribution in [3.8, 4) is 0 Å². The zero-order valence-electron chi connectivity index (χ0n) is 50.7. The highest BCUT2D eigenvalue weighted by molar-refractivity contribution is 5.71. The van der Waals surface area contributed by atoms with Crippen LogP contribution >= 0.6 is 0 Å². The van der Waals surface area contributed by atoms with Gasteiger partial charge in [0.15, 0.2) is 6.10 Å². The molecule has 0 N–H and O–H groups in total. The quantitative estimate of drug-likeness (QED) is 0.0343. The maximum atomic E-state index is 12.9. The summed E-state index contributed by atoms with van der Waals surface area (Å²) in [5.74, 6) is -0.823. The lowest BCUT2D eigenvalue weighted by molar-refractivity contribution is -0.167. The summed E-state index contributed by atoms with van der Waals surface area (Å²) in [5, 5.41) is 0. The minimum absolute atomic E-state index is 0.0604. The van der Waals surface area contributed by atoms with Gasteiger partial charge in [0, 0.05) is 19.3 Å². The summed E-state index contributed by atoms with van der Waals surface area (Å²) in [4.78, 5) is 38.3. The Hall–Kier alpha value is -1.59. The molecule has 0 fully saturated rings. The zero-order valence-corrected chi connectivity index (χ0v) is 50.7. The normalized spacial score (nSPS) is 11.9. The van der Waals surface area contributed by atoms with E-state index < -0.39 is 6.10 Å². The van der Waals surface area contributed by atoms with Gasteiger partial charge < -0.3 is 14.2 Å². The first-order valence-corrected chi connectivity index (χ1v) is 34.0. The van der Waals surface area contributed by atoms with Crippen LogP contribution in [0.25, 0.3) is 0 Å². The second-order valence-electron chi connectivity index (χ2n) is 23.5. The fourth-order valence-corrected chi connectivity index (χ4v) is 10.7. The summed E-state index contributed by atoms with van der Waals surface area (Å²) in [6.07, 6.45) is 74.1. The lowest BCUT2D eigenvalue weighted by Crippen LogP contribution is -2.30. The molecular weight excluding hydrogens is 913 g/mol. The van der Waals surface area contributed by atoms with Crippen LogP contribution in [0.3, 0.4) is 0 Å². The molecule has 0 bridgehead atoms. The maximum absolute atomic E-state index is 12.9. The van der Waals surface area contributed by atoms with Gasteiger partial charge >= 0.3 is 17.9 Å². The van der Waals surface area contributed by atoms with Crippen molar-refractivity contribution < 1.29 is 28.6 Å². The summed E-state index contributed by atoms with van der Waals surface area (Å²) < 4.78 is 17.0. The van der Waals surface area contributed by atoms with Crippen molar-refractivity contribution in [1.82, 2.24) is 0 Å². The molecule has 0 aromatic carbocycles. The molecule has 1 unspecified atom stereocenters. The standard InChI is InChI=1S/C68H132O6/c1-4-7-10-13-16-19-22-25-27-29-31-32-33-34-35-36-37-39-40-43-46-49-52-55-58-61-67(70)73-64-65(63-72-66(69)60-57-54-51-48-45-42-24-21-18-15-12-9-6-3)74-68(71)62-59-56-53-50-47-44-41-38-30-28-26-23-20-17-14-11-8-5-2/h65H,4-64H2,1-3H3. The molecule has 440 valence electrons. The first-order chi connectivity index (χ1) is 36.5. The van der Waals surface area contributed by atoms with E-state index in [1.165, 1.54) is 302 Å². The van der Waals surface area contributed by atoms with Crippen molar-refractivity contribution in [1.29, 1.82) is 0 Å². The molecule has 0 heterocycles. The van der Waals surface area contributed by atoms with E-state index in [2.05, 4.69) is 20.8 Å². The number of esters is 3. The molecular formula is C68H132O6. The highest BCUT2D eigenvalue weighted by Crippen LogP contribution is 2.19. The molecule has 0 aliphatic rings. The van der Waals surface area contributed by atoms with Crippen LogP contribution in [-0.2, 0) is 28.6 Å². The van der Waals surface area contributed by atoms with Crippen LogP contribution in [-0.4, -0.2) is 37.2 Å². The SMILES string of the molecule is CCCCCCCCCCCCCCCCCCCCCCCCCCCC(=O)OCC(COC(=O)CCCCCCCCCCCCCCC)OC(=O)CCCCCCCCCCCCCCCCCCCC. The third-order valence-electron chi connectivity index (χ3n) is 15.9. The summed E-state index contributed by atoms with van der Waals surface area (Å²) in [6.45, 7) is 6.73.